The third-order valence-electron chi connectivity index (χ3n) is 5.41. The Labute approximate surface area is 155 Å². The number of likely N-dealkylation sites (tertiary alicyclic amines) is 1. The first-order valence-electron chi connectivity index (χ1n) is 9.47. The Morgan fingerprint density at radius 2 is 2.08 bits per heavy atom. The number of ether oxygens (including phenoxy) is 2. The average Bonchev–Trinajstić information content (AvgIpc) is 2.67. The highest BCUT2D eigenvalue weighted by atomic mass is 19.1. The molecule has 3 rings (SSSR count). The van der Waals surface area contributed by atoms with Crippen LogP contribution in [-0.4, -0.2) is 67.2 Å². The molecule has 144 valence electrons. The number of morpholine rings is 1. The fourth-order valence-corrected chi connectivity index (χ4v) is 3.80. The Balaban J connectivity index is 1.56. The highest BCUT2D eigenvalue weighted by molar-refractivity contribution is 5.85. The van der Waals surface area contributed by atoms with Gasteiger partial charge in [-0.15, -0.1) is 0 Å². The van der Waals surface area contributed by atoms with E-state index in [1.807, 2.05) is 18.7 Å². The summed E-state index contributed by atoms with van der Waals surface area (Å²) in [6.07, 6.45) is 2.00. The summed E-state index contributed by atoms with van der Waals surface area (Å²) in [5.74, 6) is 0.698. The maximum Gasteiger partial charge on any atom is 0.242 e. The van der Waals surface area contributed by atoms with Gasteiger partial charge in [0.05, 0.1) is 25.4 Å². The van der Waals surface area contributed by atoms with E-state index >= 15 is 0 Å². The lowest BCUT2D eigenvalue weighted by molar-refractivity contribution is -0.147. The minimum Gasteiger partial charge on any atom is -0.493 e. The van der Waals surface area contributed by atoms with Gasteiger partial charge in [-0.05, 0) is 38.8 Å². The summed E-state index contributed by atoms with van der Waals surface area (Å²) in [6.45, 7) is 8.95. The molecule has 2 aliphatic rings. The van der Waals surface area contributed by atoms with Crippen LogP contribution in [0.1, 0.15) is 26.7 Å². The second-order valence-electron chi connectivity index (χ2n) is 7.69. The van der Waals surface area contributed by atoms with Crippen molar-refractivity contribution in [2.24, 2.45) is 5.92 Å². The smallest absolute Gasteiger partial charge is 0.242 e. The molecule has 0 spiro atoms. The quantitative estimate of drug-likeness (QED) is 0.805. The van der Waals surface area contributed by atoms with Gasteiger partial charge in [0.2, 0.25) is 5.91 Å². The Kier molecular flexibility index (Phi) is 6.14. The molecule has 0 N–H and O–H groups in total. The highest BCUT2D eigenvalue weighted by Crippen LogP contribution is 2.25. The zero-order valence-corrected chi connectivity index (χ0v) is 15.7. The van der Waals surface area contributed by atoms with E-state index in [-0.39, 0.29) is 17.6 Å². The van der Waals surface area contributed by atoms with Crippen molar-refractivity contribution in [1.29, 1.82) is 0 Å². The molecular formula is C20H29FN2O3. The fraction of sp³-hybridized carbons (Fsp3) is 0.650. The van der Waals surface area contributed by atoms with Crippen LogP contribution in [0.5, 0.6) is 5.75 Å². The van der Waals surface area contributed by atoms with Crippen LogP contribution in [0.3, 0.4) is 0 Å². The van der Waals surface area contributed by atoms with E-state index in [0.717, 1.165) is 32.5 Å². The van der Waals surface area contributed by atoms with Gasteiger partial charge in [0.1, 0.15) is 11.6 Å². The molecule has 0 unspecified atom stereocenters. The number of hydrogen-bond acceptors (Lipinski definition) is 4. The third-order valence-corrected chi connectivity index (χ3v) is 5.41. The number of piperidine rings is 1. The molecule has 0 aromatic heterocycles. The Hall–Kier alpha value is -1.66. The molecule has 1 amide bonds. The Bertz CT molecular complexity index is 617. The first kappa shape index (κ1) is 19.1. The van der Waals surface area contributed by atoms with E-state index in [1.165, 1.54) is 12.1 Å². The van der Waals surface area contributed by atoms with Crippen LogP contribution >= 0.6 is 0 Å². The second-order valence-corrected chi connectivity index (χ2v) is 7.69. The van der Waals surface area contributed by atoms with Gasteiger partial charge in [0.15, 0.2) is 0 Å². The molecule has 0 radical (unpaired) electrons. The predicted molar refractivity (Wildman–Crippen MR) is 97.7 cm³/mol. The fourth-order valence-electron chi connectivity index (χ4n) is 3.80. The van der Waals surface area contributed by atoms with E-state index in [4.69, 9.17) is 9.47 Å². The second kappa shape index (κ2) is 8.35. The SMILES string of the molecule is CC(C)(C(=O)N1CCC[C@H](COc2cccc(F)c2)C1)N1CCOCC1. The van der Waals surface area contributed by atoms with Crippen LogP contribution in [0, 0.1) is 11.7 Å². The van der Waals surface area contributed by atoms with E-state index < -0.39 is 5.54 Å². The number of halogens is 1. The number of amides is 1. The first-order valence-corrected chi connectivity index (χ1v) is 9.47. The van der Waals surface area contributed by atoms with E-state index in [0.29, 0.717) is 32.1 Å². The number of hydrogen-bond donors (Lipinski definition) is 0. The zero-order chi connectivity index (χ0) is 18.6. The number of carbonyl (C=O) groups excluding carboxylic acids is 1. The minimum absolute atomic E-state index is 0.176. The molecule has 6 heteroatoms. The lowest BCUT2D eigenvalue weighted by atomic mass is 9.94. The van der Waals surface area contributed by atoms with Gasteiger partial charge in [-0.2, -0.15) is 0 Å². The van der Waals surface area contributed by atoms with E-state index in [1.54, 1.807) is 12.1 Å². The lowest BCUT2D eigenvalue weighted by Gasteiger charge is -2.44. The summed E-state index contributed by atoms with van der Waals surface area (Å²) < 4.78 is 24.4. The summed E-state index contributed by atoms with van der Waals surface area (Å²) in [4.78, 5) is 17.3. The van der Waals surface area contributed by atoms with Crippen molar-refractivity contribution < 1.29 is 18.7 Å². The largest absolute Gasteiger partial charge is 0.493 e. The monoisotopic (exact) mass is 364 g/mol. The standard InChI is InChI=1S/C20H29FN2O3/c1-20(2,23-9-11-25-12-10-23)19(24)22-8-4-5-16(14-22)15-26-18-7-3-6-17(21)13-18/h3,6-7,13,16H,4-5,8-12,14-15H2,1-2H3/t16-/m0/s1. The number of nitrogens with zero attached hydrogens (tertiary/aromatic N) is 2. The van der Waals surface area contributed by atoms with Crippen molar-refractivity contribution >= 4 is 5.91 Å². The maximum atomic E-state index is 13.3. The number of benzene rings is 1. The molecule has 2 fully saturated rings. The molecule has 0 saturated carbocycles. The summed E-state index contributed by atoms with van der Waals surface area (Å²) >= 11 is 0. The topological polar surface area (TPSA) is 42.0 Å². The Morgan fingerprint density at radius 3 is 2.81 bits per heavy atom. The predicted octanol–water partition coefficient (Wildman–Crippen LogP) is 2.55. The van der Waals surface area contributed by atoms with Gasteiger partial charge in [0.25, 0.3) is 0 Å². The van der Waals surface area contributed by atoms with Gasteiger partial charge in [0, 0.05) is 38.2 Å². The molecule has 1 atom stereocenters. The van der Waals surface area contributed by atoms with Crippen LogP contribution in [0.2, 0.25) is 0 Å². The molecule has 2 saturated heterocycles. The maximum absolute atomic E-state index is 13.3. The van der Waals surface area contributed by atoms with E-state index in [2.05, 4.69) is 4.90 Å². The minimum atomic E-state index is -0.519. The molecule has 0 aliphatic carbocycles. The van der Waals surface area contributed by atoms with Gasteiger partial charge >= 0.3 is 0 Å². The van der Waals surface area contributed by atoms with Crippen molar-refractivity contribution in [3.63, 3.8) is 0 Å². The van der Waals surface area contributed by atoms with Gasteiger partial charge in [-0.1, -0.05) is 6.07 Å². The van der Waals surface area contributed by atoms with Gasteiger partial charge in [-0.25, -0.2) is 4.39 Å². The molecule has 1 aromatic rings. The van der Waals surface area contributed by atoms with Gasteiger partial charge < -0.3 is 14.4 Å². The number of rotatable bonds is 5. The number of carbonyl (C=O) groups is 1. The summed E-state index contributed by atoms with van der Waals surface area (Å²) in [5.41, 5.74) is -0.519. The molecule has 26 heavy (non-hydrogen) atoms. The van der Waals surface area contributed by atoms with Crippen LogP contribution < -0.4 is 4.74 Å². The van der Waals surface area contributed by atoms with Crippen LogP contribution in [0.25, 0.3) is 0 Å². The van der Waals surface area contributed by atoms with Crippen molar-refractivity contribution in [2.75, 3.05) is 46.0 Å². The molecule has 5 nitrogen and oxygen atoms in total. The summed E-state index contributed by atoms with van der Waals surface area (Å²) in [6, 6.07) is 6.21. The molecular weight excluding hydrogens is 335 g/mol. The molecule has 2 aliphatic heterocycles. The first-order chi connectivity index (χ1) is 12.5. The Morgan fingerprint density at radius 1 is 1.31 bits per heavy atom. The molecule has 1 aromatic carbocycles. The van der Waals surface area contributed by atoms with Crippen molar-refractivity contribution in [1.82, 2.24) is 9.80 Å². The van der Waals surface area contributed by atoms with Crippen LogP contribution in [0.15, 0.2) is 24.3 Å². The normalized spacial score (nSPS) is 22.3. The van der Waals surface area contributed by atoms with Crippen molar-refractivity contribution in [3.8, 4) is 5.75 Å². The molecule has 2 heterocycles. The van der Waals surface area contributed by atoms with Crippen LogP contribution in [-0.2, 0) is 9.53 Å². The third kappa shape index (κ3) is 4.54. The van der Waals surface area contributed by atoms with E-state index in [9.17, 15) is 9.18 Å². The van der Waals surface area contributed by atoms with Crippen LogP contribution in [0.4, 0.5) is 4.39 Å². The van der Waals surface area contributed by atoms with Crippen molar-refractivity contribution in [2.45, 2.75) is 32.2 Å². The molecule has 0 bridgehead atoms. The summed E-state index contributed by atoms with van der Waals surface area (Å²) in [5, 5.41) is 0. The lowest BCUT2D eigenvalue weighted by Crippen LogP contribution is -2.60. The zero-order valence-electron chi connectivity index (χ0n) is 15.7. The summed E-state index contributed by atoms with van der Waals surface area (Å²) in [7, 11) is 0. The van der Waals surface area contributed by atoms with Crippen molar-refractivity contribution in [3.05, 3.63) is 30.1 Å². The highest BCUT2D eigenvalue weighted by Gasteiger charge is 2.39. The van der Waals surface area contributed by atoms with Gasteiger partial charge in [-0.3, -0.25) is 9.69 Å². The average molecular weight is 364 g/mol.